The zero-order valence-electron chi connectivity index (χ0n) is 12.6. The smallest absolute Gasteiger partial charge is 0.205 e. The average Bonchev–Trinajstić information content (AvgIpc) is 2.52. The molecule has 0 atom stereocenters. The molecule has 3 N–H and O–H groups in total. The van der Waals surface area contributed by atoms with Crippen LogP contribution in [0.3, 0.4) is 0 Å². The summed E-state index contributed by atoms with van der Waals surface area (Å²) >= 11 is 0. The molecule has 0 spiro atoms. The van der Waals surface area contributed by atoms with E-state index in [9.17, 15) is 0 Å². The van der Waals surface area contributed by atoms with Gasteiger partial charge in [0.05, 0.1) is 7.11 Å². The molecule has 0 saturated heterocycles. The highest BCUT2D eigenvalue weighted by Gasteiger charge is 2.20. The van der Waals surface area contributed by atoms with Gasteiger partial charge in [-0.3, -0.25) is 0 Å². The van der Waals surface area contributed by atoms with E-state index in [-0.39, 0.29) is 6.04 Å². The molecule has 0 unspecified atom stereocenters. The SMILES string of the molecule is COc1c(NN)ncnc1N(Cc1ccccc1)C(C)C. The van der Waals surface area contributed by atoms with E-state index in [4.69, 9.17) is 10.6 Å². The van der Waals surface area contributed by atoms with E-state index in [1.54, 1.807) is 7.11 Å². The first kappa shape index (κ1) is 15.1. The predicted molar refractivity (Wildman–Crippen MR) is 84.2 cm³/mol. The van der Waals surface area contributed by atoms with E-state index in [1.807, 2.05) is 18.2 Å². The summed E-state index contributed by atoms with van der Waals surface area (Å²) in [5, 5.41) is 0. The molecule has 0 fully saturated rings. The fourth-order valence-corrected chi connectivity index (χ4v) is 2.14. The number of nitrogens with two attached hydrogens (primary N) is 1. The maximum absolute atomic E-state index is 5.49. The summed E-state index contributed by atoms with van der Waals surface area (Å²) in [5.41, 5.74) is 3.74. The first-order chi connectivity index (χ1) is 10.2. The summed E-state index contributed by atoms with van der Waals surface area (Å²) in [6.07, 6.45) is 1.48. The highest BCUT2D eigenvalue weighted by molar-refractivity contribution is 5.64. The molecular formula is C15H21N5O. The monoisotopic (exact) mass is 287 g/mol. The summed E-state index contributed by atoms with van der Waals surface area (Å²) in [5.74, 6) is 7.23. The average molecular weight is 287 g/mol. The molecule has 0 aliphatic heterocycles. The Morgan fingerprint density at radius 3 is 2.52 bits per heavy atom. The Hall–Kier alpha value is -2.34. The molecule has 112 valence electrons. The molecule has 6 heteroatoms. The summed E-state index contributed by atoms with van der Waals surface area (Å²) in [6, 6.07) is 10.5. The molecule has 0 aliphatic carbocycles. The number of methoxy groups -OCH3 is 1. The van der Waals surface area contributed by atoms with Crippen molar-refractivity contribution in [3.05, 3.63) is 42.2 Å². The molecule has 0 saturated carbocycles. The van der Waals surface area contributed by atoms with Gasteiger partial charge in [0.1, 0.15) is 6.33 Å². The number of hydrogen-bond donors (Lipinski definition) is 2. The molecular weight excluding hydrogens is 266 g/mol. The van der Waals surface area contributed by atoms with Crippen molar-refractivity contribution in [2.45, 2.75) is 26.4 Å². The fraction of sp³-hybridized carbons (Fsp3) is 0.333. The molecule has 0 aliphatic rings. The zero-order valence-corrected chi connectivity index (χ0v) is 12.6. The summed E-state index contributed by atoms with van der Waals surface area (Å²) in [4.78, 5) is 10.6. The van der Waals surface area contributed by atoms with Crippen LogP contribution in [0.4, 0.5) is 11.6 Å². The Bertz CT molecular complexity index is 574. The maximum atomic E-state index is 5.49. The van der Waals surface area contributed by atoms with Gasteiger partial charge < -0.3 is 15.1 Å². The van der Waals surface area contributed by atoms with Crippen molar-refractivity contribution in [2.75, 3.05) is 17.4 Å². The van der Waals surface area contributed by atoms with Crippen LogP contribution in [-0.4, -0.2) is 23.1 Å². The number of benzene rings is 1. The molecule has 0 amide bonds. The minimum absolute atomic E-state index is 0.250. The van der Waals surface area contributed by atoms with Gasteiger partial charge in [0.15, 0.2) is 11.6 Å². The fourth-order valence-electron chi connectivity index (χ4n) is 2.14. The minimum atomic E-state index is 0.250. The molecule has 0 bridgehead atoms. The van der Waals surface area contributed by atoms with Gasteiger partial charge in [-0.05, 0) is 19.4 Å². The van der Waals surface area contributed by atoms with E-state index < -0.39 is 0 Å². The standard InChI is InChI=1S/C15H21N5O/c1-11(2)20(9-12-7-5-4-6-8-12)15-13(21-3)14(19-16)17-10-18-15/h4-8,10-11H,9,16H2,1-3H3,(H,17,18,19). The molecule has 0 radical (unpaired) electrons. The first-order valence-corrected chi connectivity index (χ1v) is 6.83. The van der Waals surface area contributed by atoms with Crippen molar-refractivity contribution in [2.24, 2.45) is 5.84 Å². The number of rotatable bonds is 6. The number of hydrogen-bond acceptors (Lipinski definition) is 6. The van der Waals surface area contributed by atoms with Crippen LogP contribution in [0, 0.1) is 0 Å². The van der Waals surface area contributed by atoms with Crippen molar-refractivity contribution in [1.82, 2.24) is 9.97 Å². The van der Waals surface area contributed by atoms with Gasteiger partial charge in [0.2, 0.25) is 5.75 Å². The number of nitrogen functional groups attached to an aromatic ring is 1. The van der Waals surface area contributed by atoms with E-state index in [1.165, 1.54) is 11.9 Å². The largest absolute Gasteiger partial charge is 0.490 e. The van der Waals surface area contributed by atoms with Gasteiger partial charge in [-0.25, -0.2) is 15.8 Å². The third kappa shape index (κ3) is 3.41. The highest BCUT2D eigenvalue weighted by Crippen LogP contribution is 2.33. The summed E-state index contributed by atoms with van der Waals surface area (Å²) in [7, 11) is 1.59. The van der Waals surface area contributed by atoms with Crippen molar-refractivity contribution in [1.29, 1.82) is 0 Å². The Kier molecular flexibility index (Phi) is 4.94. The van der Waals surface area contributed by atoms with Crippen LogP contribution in [-0.2, 0) is 6.54 Å². The van der Waals surface area contributed by atoms with Crippen molar-refractivity contribution < 1.29 is 4.74 Å². The van der Waals surface area contributed by atoms with Crippen LogP contribution in [0.5, 0.6) is 5.75 Å². The summed E-state index contributed by atoms with van der Waals surface area (Å²) < 4.78 is 5.43. The Morgan fingerprint density at radius 2 is 1.95 bits per heavy atom. The van der Waals surface area contributed by atoms with Gasteiger partial charge in [-0.15, -0.1) is 0 Å². The van der Waals surface area contributed by atoms with Gasteiger partial charge in [-0.1, -0.05) is 30.3 Å². The van der Waals surface area contributed by atoms with Crippen molar-refractivity contribution >= 4 is 11.6 Å². The van der Waals surface area contributed by atoms with E-state index in [2.05, 4.69) is 46.3 Å². The van der Waals surface area contributed by atoms with Crippen LogP contribution in [0.2, 0.25) is 0 Å². The number of hydrazine groups is 1. The molecule has 2 aromatic rings. The number of anilines is 2. The van der Waals surface area contributed by atoms with Crippen LogP contribution in [0.1, 0.15) is 19.4 Å². The molecule has 1 heterocycles. The van der Waals surface area contributed by atoms with Crippen molar-refractivity contribution in [3.8, 4) is 5.75 Å². The molecule has 1 aromatic heterocycles. The number of nitrogens with zero attached hydrogens (tertiary/aromatic N) is 3. The van der Waals surface area contributed by atoms with Gasteiger partial charge in [-0.2, -0.15) is 0 Å². The normalized spacial score (nSPS) is 10.5. The third-order valence-electron chi connectivity index (χ3n) is 3.22. The van der Waals surface area contributed by atoms with E-state index in [0.29, 0.717) is 11.6 Å². The van der Waals surface area contributed by atoms with Crippen molar-refractivity contribution in [3.63, 3.8) is 0 Å². The second-order valence-electron chi connectivity index (χ2n) is 4.93. The lowest BCUT2D eigenvalue weighted by Crippen LogP contribution is -2.31. The lowest BCUT2D eigenvalue weighted by molar-refractivity contribution is 0.410. The zero-order chi connectivity index (χ0) is 15.2. The lowest BCUT2D eigenvalue weighted by Gasteiger charge is -2.29. The van der Waals surface area contributed by atoms with Gasteiger partial charge in [0.25, 0.3) is 0 Å². The Morgan fingerprint density at radius 1 is 1.24 bits per heavy atom. The van der Waals surface area contributed by atoms with Crippen LogP contribution >= 0.6 is 0 Å². The molecule has 1 aromatic carbocycles. The van der Waals surface area contributed by atoms with Crippen LogP contribution < -0.4 is 20.9 Å². The predicted octanol–water partition coefficient (Wildman–Crippen LogP) is 2.19. The number of ether oxygens (including phenoxy) is 1. The number of aromatic nitrogens is 2. The second-order valence-corrected chi connectivity index (χ2v) is 4.93. The van der Waals surface area contributed by atoms with Gasteiger partial charge in [0, 0.05) is 12.6 Å². The van der Waals surface area contributed by atoms with E-state index in [0.717, 1.165) is 12.4 Å². The molecule has 6 nitrogen and oxygen atoms in total. The summed E-state index contributed by atoms with van der Waals surface area (Å²) in [6.45, 7) is 4.95. The number of nitrogens with one attached hydrogen (secondary N) is 1. The Balaban J connectivity index is 2.39. The Labute approximate surface area is 124 Å². The maximum Gasteiger partial charge on any atom is 0.205 e. The first-order valence-electron chi connectivity index (χ1n) is 6.83. The second kappa shape index (κ2) is 6.90. The minimum Gasteiger partial charge on any atom is -0.490 e. The van der Waals surface area contributed by atoms with E-state index >= 15 is 0 Å². The molecule has 2 rings (SSSR count). The van der Waals surface area contributed by atoms with Crippen LogP contribution in [0.25, 0.3) is 0 Å². The lowest BCUT2D eigenvalue weighted by atomic mass is 10.2. The third-order valence-corrected chi connectivity index (χ3v) is 3.22. The quantitative estimate of drug-likeness (QED) is 0.626. The topological polar surface area (TPSA) is 76.3 Å². The molecule has 21 heavy (non-hydrogen) atoms. The van der Waals surface area contributed by atoms with Gasteiger partial charge >= 0.3 is 0 Å². The highest BCUT2D eigenvalue weighted by atomic mass is 16.5. The van der Waals surface area contributed by atoms with Crippen LogP contribution in [0.15, 0.2) is 36.7 Å².